The first-order valence-electron chi connectivity index (χ1n) is 6.65. The number of carbonyl (C=O) groups excluding carboxylic acids is 1. The van der Waals surface area contributed by atoms with E-state index in [4.69, 9.17) is 5.11 Å². The maximum Gasteiger partial charge on any atom is 0.337 e. The molecule has 1 aliphatic heterocycles. The van der Waals surface area contributed by atoms with Crippen molar-refractivity contribution in [2.24, 2.45) is 4.99 Å². The van der Waals surface area contributed by atoms with Crippen LogP contribution >= 0.6 is 11.8 Å². The van der Waals surface area contributed by atoms with Gasteiger partial charge in [0.15, 0.2) is 5.17 Å². The molecule has 114 valence electrons. The van der Waals surface area contributed by atoms with Crippen molar-refractivity contribution < 1.29 is 14.7 Å². The molecular weight excluding hydrogens is 314 g/mol. The molecule has 23 heavy (non-hydrogen) atoms. The molecule has 1 aliphatic rings. The number of nitrogens with zero attached hydrogens (tertiary/aromatic N) is 2. The molecule has 1 amide bonds. The number of para-hydroxylation sites is 1. The van der Waals surface area contributed by atoms with E-state index in [0.717, 1.165) is 17.3 Å². The number of aliphatic imine (C=N–C) groups is 1. The number of aromatic nitrogens is 1. The highest BCUT2D eigenvalue weighted by atomic mass is 32.2. The minimum atomic E-state index is -1.06. The first-order valence-corrected chi connectivity index (χ1v) is 7.47. The molecule has 0 bridgehead atoms. The van der Waals surface area contributed by atoms with Crippen LogP contribution in [0.15, 0.2) is 58.7 Å². The molecule has 6 nitrogen and oxygen atoms in total. The van der Waals surface area contributed by atoms with Crippen molar-refractivity contribution in [3.05, 3.63) is 64.8 Å². The second kappa shape index (κ2) is 6.45. The second-order valence-electron chi connectivity index (χ2n) is 4.59. The van der Waals surface area contributed by atoms with Crippen molar-refractivity contribution in [2.45, 2.75) is 0 Å². The molecule has 1 aromatic heterocycles. The van der Waals surface area contributed by atoms with Gasteiger partial charge in [-0.1, -0.05) is 18.2 Å². The highest BCUT2D eigenvalue weighted by Crippen LogP contribution is 2.29. The van der Waals surface area contributed by atoms with Crippen LogP contribution in [-0.4, -0.2) is 27.1 Å². The van der Waals surface area contributed by atoms with E-state index >= 15 is 0 Å². The van der Waals surface area contributed by atoms with E-state index in [9.17, 15) is 9.59 Å². The summed E-state index contributed by atoms with van der Waals surface area (Å²) in [5, 5.41) is 12.1. The van der Waals surface area contributed by atoms with Crippen molar-refractivity contribution in [1.82, 2.24) is 10.3 Å². The van der Waals surface area contributed by atoms with E-state index in [1.165, 1.54) is 6.07 Å². The Morgan fingerprint density at radius 1 is 1.26 bits per heavy atom. The van der Waals surface area contributed by atoms with Gasteiger partial charge in [-0.3, -0.25) is 9.78 Å². The predicted molar refractivity (Wildman–Crippen MR) is 88.4 cm³/mol. The fourth-order valence-corrected chi connectivity index (χ4v) is 2.79. The van der Waals surface area contributed by atoms with Crippen molar-refractivity contribution in [3.8, 4) is 0 Å². The Labute approximate surface area is 136 Å². The number of carboxylic acid groups (broad SMARTS) is 1. The minimum absolute atomic E-state index is 0.0829. The lowest BCUT2D eigenvalue weighted by atomic mass is 10.2. The highest BCUT2D eigenvalue weighted by molar-refractivity contribution is 8.18. The van der Waals surface area contributed by atoms with Crippen LogP contribution < -0.4 is 5.32 Å². The summed E-state index contributed by atoms with van der Waals surface area (Å²) < 4.78 is 0. The molecule has 1 aromatic carbocycles. The van der Waals surface area contributed by atoms with Crippen LogP contribution in [-0.2, 0) is 4.79 Å². The average Bonchev–Trinajstić information content (AvgIpc) is 2.88. The Kier molecular flexibility index (Phi) is 4.20. The zero-order chi connectivity index (χ0) is 16.2. The highest BCUT2D eigenvalue weighted by Gasteiger charge is 2.24. The Morgan fingerprint density at radius 2 is 2.09 bits per heavy atom. The third-order valence-corrected chi connectivity index (χ3v) is 3.90. The van der Waals surface area contributed by atoms with Crippen LogP contribution in [0.5, 0.6) is 0 Å². The predicted octanol–water partition coefficient (Wildman–Crippen LogP) is 2.67. The maximum absolute atomic E-state index is 12.0. The number of benzene rings is 1. The molecular formula is C16H11N3O3S. The molecule has 0 aliphatic carbocycles. The second-order valence-corrected chi connectivity index (χ2v) is 5.62. The van der Waals surface area contributed by atoms with Gasteiger partial charge in [0.1, 0.15) is 0 Å². The van der Waals surface area contributed by atoms with Crippen LogP contribution in [0.4, 0.5) is 5.69 Å². The van der Waals surface area contributed by atoms with Gasteiger partial charge in [0, 0.05) is 12.4 Å². The van der Waals surface area contributed by atoms with Crippen LogP contribution in [0, 0.1) is 0 Å². The van der Waals surface area contributed by atoms with Gasteiger partial charge in [-0.25, -0.2) is 9.79 Å². The van der Waals surface area contributed by atoms with Crippen molar-refractivity contribution in [2.75, 3.05) is 0 Å². The zero-order valence-corrected chi connectivity index (χ0v) is 12.6. The molecule has 2 aromatic rings. The molecule has 0 radical (unpaired) electrons. The van der Waals surface area contributed by atoms with Crippen LogP contribution in [0.3, 0.4) is 0 Å². The summed E-state index contributed by atoms with van der Waals surface area (Å²) in [4.78, 5) is 31.9. The summed E-state index contributed by atoms with van der Waals surface area (Å²) in [6.07, 6.45) is 5.01. The molecule has 0 unspecified atom stereocenters. The fourth-order valence-electron chi connectivity index (χ4n) is 1.95. The number of hydrogen-bond donors (Lipinski definition) is 2. The first-order chi connectivity index (χ1) is 11.1. The number of nitrogens with one attached hydrogen (secondary N) is 1. The standard InChI is InChI=1S/C16H11N3O3S/c20-14-13(8-10-4-3-7-17-9-10)23-16(19-14)18-12-6-2-1-5-11(12)15(21)22/h1-9H,(H,21,22)(H,18,19,20). The van der Waals surface area contributed by atoms with Gasteiger partial charge in [0.25, 0.3) is 5.91 Å². The summed E-state index contributed by atoms with van der Waals surface area (Å²) in [7, 11) is 0. The molecule has 3 rings (SSSR count). The molecule has 1 saturated heterocycles. The van der Waals surface area contributed by atoms with Crippen molar-refractivity contribution in [1.29, 1.82) is 0 Å². The van der Waals surface area contributed by atoms with Gasteiger partial charge >= 0.3 is 5.97 Å². The Morgan fingerprint density at radius 3 is 2.83 bits per heavy atom. The van der Waals surface area contributed by atoms with E-state index in [1.54, 1.807) is 42.7 Å². The summed E-state index contributed by atoms with van der Waals surface area (Å²) in [5.74, 6) is -1.34. The van der Waals surface area contributed by atoms with Crippen LogP contribution in [0.1, 0.15) is 15.9 Å². The lowest BCUT2D eigenvalue weighted by molar-refractivity contribution is -0.115. The molecule has 0 atom stereocenters. The minimum Gasteiger partial charge on any atom is -0.478 e. The molecule has 2 heterocycles. The van der Waals surface area contributed by atoms with Gasteiger partial charge in [-0.15, -0.1) is 0 Å². The third kappa shape index (κ3) is 3.46. The lowest BCUT2D eigenvalue weighted by Crippen LogP contribution is -2.19. The average molecular weight is 325 g/mol. The van der Waals surface area contributed by atoms with E-state index in [-0.39, 0.29) is 11.5 Å². The fraction of sp³-hybridized carbons (Fsp3) is 0. The number of amidine groups is 1. The molecule has 0 saturated carbocycles. The van der Waals surface area contributed by atoms with Gasteiger partial charge < -0.3 is 10.4 Å². The smallest absolute Gasteiger partial charge is 0.337 e. The van der Waals surface area contributed by atoms with Crippen molar-refractivity contribution >= 4 is 40.6 Å². The number of pyridine rings is 1. The summed E-state index contributed by atoms with van der Waals surface area (Å²) in [6.45, 7) is 0. The first kappa shape index (κ1) is 15.0. The number of aromatic carboxylic acids is 1. The zero-order valence-electron chi connectivity index (χ0n) is 11.8. The summed E-state index contributed by atoms with van der Waals surface area (Å²) in [6, 6.07) is 9.99. The maximum atomic E-state index is 12.0. The number of carboxylic acids is 1. The Hall–Kier alpha value is -2.93. The molecule has 1 fully saturated rings. The monoisotopic (exact) mass is 325 g/mol. The van der Waals surface area contributed by atoms with Crippen LogP contribution in [0.2, 0.25) is 0 Å². The van der Waals surface area contributed by atoms with E-state index in [2.05, 4.69) is 15.3 Å². The number of amides is 1. The summed E-state index contributed by atoms with van der Waals surface area (Å²) in [5.41, 5.74) is 1.18. The third-order valence-electron chi connectivity index (χ3n) is 2.99. The van der Waals surface area contributed by atoms with Gasteiger partial charge in [0.05, 0.1) is 16.2 Å². The Bertz CT molecular complexity index is 831. The number of hydrogen-bond acceptors (Lipinski definition) is 5. The quantitative estimate of drug-likeness (QED) is 0.847. The largest absolute Gasteiger partial charge is 0.478 e. The van der Waals surface area contributed by atoms with Gasteiger partial charge in [-0.05, 0) is 41.6 Å². The summed E-state index contributed by atoms with van der Waals surface area (Å²) >= 11 is 1.16. The van der Waals surface area contributed by atoms with E-state index < -0.39 is 5.97 Å². The van der Waals surface area contributed by atoms with Gasteiger partial charge in [-0.2, -0.15) is 0 Å². The number of rotatable bonds is 3. The topological polar surface area (TPSA) is 91.7 Å². The molecule has 0 spiro atoms. The Balaban J connectivity index is 1.88. The van der Waals surface area contributed by atoms with E-state index in [0.29, 0.717) is 15.8 Å². The number of thioether (sulfide) groups is 1. The lowest BCUT2D eigenvalue weighted by Gasteiger charge is -2.00. The van der Waals surface area contributed by atoms with Crippen LogP contribution in [0.25, 0.3) is 6.08 Å². The number of carbonyl (C=O) groups is 2. The van der Waals surface area contributed by atoms with Gasteiger partial charge in [0.2, 0.25) is 0 Å². The molecule has 7 heteroatoms. The normalized spacial score (nSPS) is 17.5. The molecule has 2 N–H and O–H groups in total. The van der Waals surface area contributed by atoms with E-state index in [1.807, 2.05) is 6.07 Å². The SMILES string of the molecule is O=C1NC(=Nc2ccccc2C(=O)O)SC1=Cc1cccnc1. The van der Waals surface area contributed by atoms with Crippen molar-refractivity contribution in [3.63, 3.8) is 0 Å².